The van der Waals surface area contributed by atoms with Gasteiger partial charge < -0.3 is 5.11 Å². The zero-order valence-electron chi connectivity index (χ0n) is 20.0. The molecule has 0 bridgehead atoms. The van der Waals surface area contributed by atoms with Crippen LogP contribution >= 0.6 is 0 Å². The molecule has 2 atom stereocenters. The Morgan fingerprint density at radius 1 is 0.679 bits per heavy atom. The van der Waals surface area contributed by atoms with Crippen LogP contribution in [0.2, 0.25) is 0 Å². The number of carboxylic acid groups (broad SMARTS) is 1. The van der Waals surface area contributed by atoms with E-state index in [9.17, 15) is 9.90 Å². The van der Waals surface area contributed by atoms with E-state index in [1.54, 1.807) is 0 Å². The molecule has 1 N–H and O–H groups in total. The molecule has 0 aliphatic heterocycles. The minimum atomic E-state index is -0.508. The van der Waals surface area contributed by atoms with Crippen LogP contribution in [0, 0.1) is 17.3 Å². The molecule has 2 heteroatoms. The van der Waals surface area contributed by atoms with E-state index in [-0.39, 0.29) is 0 Å². The Labute approximate surface area is 177 Å². The molecule has 0 aliphatic rings. The lowest BCUT2D eigenvalue weighted by atomic mass is 9.67. The Balaban J connectivity index is 5.19. The van der Waals surface area contributed by atoms with Crippen molar-refractivity contribution in [3.63, 3.8) is 0 Å². The Bertz CT molecular complexity index is 345. The molecule has 0 rings (SSSR count). The second-order valence-electron chi connectivity index (χ2n) is 9.34. The molecule has 28 heavy (non-hydrogen) atoms. The summed E-state index contributed by atoms with van der Waals surface area (Å²) in [7, 11) is 0. The lowest BCUT2D eigenvalue weighted by molar-refractivity contribution is -0.152. The van der Waals surface area contributed by atoms with Gasteiger partial charge in [-0.25, -0.2) is 0 Å². The van der Waals surface area contributed by atoms with E-state index in [1.807, 2.05) is 0 Å². The Kier molecular flexibility index (Phi) is 17.0. The van der Waals surface area contributed by atoms with Gasteiger partial charge in [0, 0.05) is 0 Å². The summed E-state index contributed by atoms with van der Waals surface area (Å²) in [5, 5.41) is 10.4. The Morgan fingerprint density at radius 2 is 1.11 bits per heavy atom. The average Bonchev–Trinajstić information content (AvgIpc) is 2.70. The fourth-order valence-corrected chi connectivity index (χ4v) is 4.80. The minimum absolute atomic E-state index is 0.492. The van der Waals surface area contributed by atoms with Crippen LogP contribution in [0.3, 0.4) is 0 Å². The molecule has 0 radical (unpaired) electrons. The van der Waals surface area contributed by atoms with E-state index in [1.165, 1.54) is 70.6 Å². The van der Waals surface area contributed by atoms with Gasteiger partial charge >= 0.3 is 5.97 Å². The third-order valence-corrected chi connectivity index (χ3v) is 6.91. The van der Waals surface area contributed by atoms with E-state index in [2.05, 4.69) is 34.6 Å². The quantitative estimate of drug-likeness (QED) is 0.208. The lowest BCUT2D eigenvalue weighted by Gasteiger charge is -2.36. The van der Waals surface area contributed by atoms with E-state index in [0.29, 0.717) is 11.8 Å². The summed E-state index contributed by atoms with van der Waals surface area (Å²) in [6, 6.07) is 0. The summed E-state index contributed by atoms with van der Waals surface area (Å²) in [4.78, 5) is 12.6. The maximum Gasteiger partial charge on any atom is 0.309 e. The van der Waals surface area contributed by atoms with Gasteiger partial charge in [0.2, 0.25) is 0 Å². The van der Waals surface area contributed by atoms with Crippen LogP contribution in [0.4, 0.5) is 0 Å². The first-order chi connectivity index (χ1) is 13.5. The van der Waals surface area contributed by atoms with Gasteiger partial charge in [-0.2, -0.15) is 0 Å². The molecule has 0 spiro atoms. The highest BCUT2D eigenvalue weighted by atomic mass is 16.4. The smallest absolute Gasteiger partial charge is 0.309 e. The molecular weight excluding hydrogens is 344 g/mol. The maximum atomic E-state index is 12.6. The molecule has 0 amide bonds. The first-order valence-electron chi connectivity index (χ1n) is 12.7. The van der Waals surface area contributed by atoms with E-state index in [0.717, 1.165) is 38.5 Å². The van der Waals surface area contributed by atoms with Gasteiger partial charge in [0.25, 0.3) is 0 Å². The molecule has 0 heterocycles. The van der Waals surface area contributed by atoms with Crippen molar-refractivity contribution in [2.75, 3.05) is 0 Å². The van der Waals surface area contributed by atoms with E-state index >= 15 is 0 Å². The second-order valence-corrected chi connectivity index (χ2v) is 9.34. The van der Waals surface area contributed by atoms with Crippen LogP contribution in [0.5, 0.6) is 0 Å². The molecule has 0 saturated heterocycles. The number of carbonyl (C=O) groups is 1. The topological polar surface area (TPSA) is 37.3 Å². The van der Waals surface area contributed by atoms with Crippen molar-refractivity contribution in [3.8, 4) is 0 Å². The maximum absolute atomic E-state index is 12.6. The van der Waals surface area contributed by atoms with Gasteiger partial charge in [-0.05, 0) is 31.1 Å². The van der Waals surface area contributed by atoms with Crippen LogP contribution in [-0.2, 0) is 4.79 Å². The average molecular weight is 397 g/mol. The van der Waals surface area contributed by atoms with E-state index in [4.69, 9.17) is 0 Å². The Hall–Kier alpha value is -0.530. The minimum Gasteiger partial charge on any atom is -0.481 e. The third kappa shape index (κ3) is 11.5. The first kappa shape index (κ1) is 27.5. The summed E-state index contributed by atoms with van der Waals surface area (Å²) in [6.45, 7) is 11.2. The van der Waals surface area contributed by atoms with Crippen LogP contribution in [0.25, 0.3) is 0 Å². The number of rotatable bonds is 20. The number of aliphatic carboxylic acids is 1. The van der Waals surface area contributed by atoms with Gasteiger partial charge in [0.1, 0.15) is 0 Å². The fraction of sp³-hybridized carbons (Fsp3) is 0.962. The lowest BCUT2D eigenvalue weighted by Crippen LogP contribution is -2.36. The largest absolute Gasteiger partial charge is 0.481 e. The molecule has 0 fully saturated rings. The second kappa shape index (κ2) is 17.3. The molecule has 2 unspecified atom stereocenters. The molecule has 0 aromatic carbocycles. The van der Waals surface area contributed by atoms with Crippen molar-refractivity contribution in [2.24, 2.45) is 17.3 Å². The molecule has 0 aromatic heterocycles. The van der Waals surface area contributed by atoms with Gasteiger partial charge in [-0.3, -0.25) is 4.79 Å². The van der Waals surface area contributed by atoms with Gasteiger partial charge in [0.05, 0.1) is 5.41 Å². The summed E-state index contributed by atoms with van der Waals surface area (Å²) < 4.78 is 0. The van der Waals surface area contributed by atoms with Crippen LogP contribution in [0.15, 0.2) is 0 Å². The highest BCUT2D eigenvalue weighted by Gasteiger charge is 2.40. The molecule has 2 nitrogen and oxygen atoms in total. The summed E-state index contributed by atoms with van der Waals surface area (Å²) in [5.41, 5.74) is -0.492. The molecular formula is C26H52O2. The highest BCUT2D eigenvalue weighted by Crippen LogP contribution is 2.43. The number of unbranched alkanes of at least 4 members (excludes halogenated alkanes) is 7. The van der Waals surface area contributed by atoms with Crippen molar-refractivity contribution in [2.45, 2.75) is 144 Å². The predicted molar refractivity (Wildman–Crippen MR) is 124 cm³/mol. The number of carboxylic acids is 1. The number of hydrogen-bond acceptors (Lipinski definition) is 1. The van der Waals surface area contributed by atoms with E-state index < -0.39 is 11.4 Å². The van der Waals surface area contributed by atoms with Crippen molar-refractivity contribution in [1.82, 2.24) is 0 Å². The summed E-state index contributed by atoms with van der Waals surface area (Å²) >= 11 is 0. The van der Waals surface area contributed by atoms with Gasteiger partial charge in [-0.1, -0.05) is 125 Å². The highest BCUT2D eigenvalue weighted by molar-refractivity contribution is 5.74. The molecule has 0 saturated carbocycles. The fourth-order valence-electron chi connectivity index (χ4n) is 4.80. The predicted octanol–water partition coefficient (Wildman–Crippen LogP) is 9.02. The van der Waals surface area contributed by atoms with Crippen molar-refractivity contribution < 1.29 is 9.90 Å². The third-order valence-electron chi connectivity index (χ3n) is 6.91. The zero-order valence-corrected chi connectivity index (χ0v) is 20.0. The zero-order chi connectivity index (χ0) is 21.3. The molecule has 0 aliphatic carbocycles. The van der Waals surface area contributed by atoms with Gasteiger partial charge in [0.15, 0.2) is 0 Å². The normalized spacial score (nSPS) is 15.9. The van der Waals surface area contributed by atoms with Crippen LogP contribution in [0.1, 0.15) is 144 Å². The summed E-state index contributed by atoms with van der Waals surface area (Å²) in [6.07, 6.45) is 19.7. The van der Waals surface area contributed by atoms with Gasteiger partial charge in [-0.15, -0.1) is 0 Å². The molecule has 168 valence electrons. The van der Waals surface area contributed by atoms with Crippen molar-refractivity contribution in [1.29, 1.82) is 0 Å². The van der Waals surface area contributed by atoms with Crippen molar-refractivity contribution >= 4 is 5.97 Å². The monoisotopic (exact) mass is 396 g/mol. The van der Waals surface area contributed by atoms with Crippen molar-refractivity contribution in [3.05, 3.63) is 0 Å². The van der Waals surface area contributed by atoms with Crippen LogP contribution < -0.4 is 0 Å². The number of hydrogen-bond donors (Lipinski definition) is 1. The standard InChI is InChI=1S/C26H52O2/c1-6-11-14-15-16-17-20-26(25(27)28,21-23(9-4)18-12-7-2)22-24(10-5)19-13-8-3/h23-24H,6-22H2,1-5H3,(H,27,28). The first-order valence-corrected chi connectivity index (χ1v) is 12.7. The molecule has 0 aromatic rings. The summed E-state index contributed by atoms with van der Waals surface area (Å²) in [5.74, 6) is 0.630. The SMILES string of the molecule is CCCCCCCCC(CC(CC)CCCC)(CC(CC)CCCC)C(=O)O. The van der Waals surface area contributed by atoms with Crippen LogP contribution in [-0.4, -0.2) is 11.1 Å². The Morgan fingerprint density at radius 3 is 1.50 bits per heavy atom.